The van der Waals surface area contributed by atoms with Gasteiger partial charge in [0.15, 0.2) is 0 Å². The summed E-state index contributed by atoms with van der Waals surface area (Å²) in [6.07, 6.45) is -3.83. The average molecular weight is 241 g/mol. The van der Waals surface area contributed by atoms with Crippen molar-refractivity contribution in [1.29, 1.82) is 0 Å². The van der Waals surface area contributed by atoms with Crippen molar-refractivity contribution in [1.82, 2.24) is 0 Å². The first-order chi connectivity index (χ1) is 7.39. The summed E-state index contributed by atoms with van der Waals surface area (Å²) >= 11 is 0. The van der Waals surface area contributed by atoms with Crippen LogP contribution in [0.2, 0.25) is 0 Å². The summed E-state index contributed by atoms with van der Waals surface area (Å²) < 4.78 is 59.3. The maximum atomic E-state index is 12.9. The Balaban J connectivity index is 2.83. The molecule has 1 aromatic rings. The van der Waals surface area contributed by atoms with Crippen LogP contribution in [0.4, 0.5) is 17.6 Å². The van der Waals surface area contributed by atoms with Gasteiger partial charge in [-0.15, -0.1) is 0 Å². The van der Waals surface area contributed by atoms with E-state index in [1.165, 1.54) is 13.2 Å². The Morgan fingerprint density at radius 3 is 2.56 bits per heavy atom. The van der Waals surface area contributed by atoms with Gasteiger partial charge in [-0.2, -0.15) is 8.78 Å². The zero-order valence-corrected chi connectivity index (χ0v) is 8.42. The van der Waals surface area contributed by atoms with E-state index in [-0.39, 0.29) is 12.4 Å². The summed E-state index contributed by atoms with van der Waals surface area (Å²) in [7, 11) is 1.38. The van der Waals surface area contributed by atoms with Gasteiger partial charge >= 0.3 is 12.3 Å². The minimum absolute atomic E-state index is 0.0625. The normalized spacial score (nSPS) is 14.4. The van der Waals surface area contributed by atoms with Crippen LogP contribution >= 0.6 is 0 Å². The zero-order valence-electron chi connectivity index (χ0n) is 8.42. The summed E-state index contributed by atoms with van der Waals surface area (Å²) in [5, 5.41) is 0. The van der Waals surface area contributed by atoms with E-state index >= 15 is 0 Å². The third-order valence-electron chi connectivity index (χ3n) is 1.98. The van der Waals surface area contributed by atoms with E-state index in [1.54, 1.807) is 0 Å². The topological polar surface area (TPSA) is 48.4 Å². The maximum absolute atomic E-state index is 12.9. The minimum atomic E-state index is -4.32. The monoisotopic (exact) mass is 241 g/mol. The van der Waals surface area contributed by atoms with Crippen LogP contribution in [0.25, 0.3) is 0 Å². The molecule has 1 rings (SSSR count). The fourth-order valence-electron chi connectivity index (χ4n) is 1.11. The highest BCUT2D eigenvalue weighted by Gasteiger charge is 2.49. The number of nitrogens with two attached hydrogens (primary N) is 1. The predicted octanol–water partition coefficient (Wildman–Crippen LogP) is 2.33. The van der Waals surface area contributed by atoms with Crippen LogP contribution < -0.4 is 5.73 Å². The van der Waals surface area contributed by atoms with Crippen molar-refractivity contribution in [3.63, 3.8) is 0 Å². The lowest BCUT2D eigenvalue weighted by molar-refractivity contribution is -0.147. The lowest BCUT2D eigenvalue weighted by Crippen LogP contribution is -2.39. The highest BCUT2D eigenvalue weighted by Crippen LogP contribution is 2.35. The molecule has 92 valence electrons. The lowest BCUT2D eigenvalue weighted by atomic mass is 10.1. The molecule has 2 N–H and O–H groups in total. The Bertz CT molecular complexity index is 340. The van der Waals surface area contributed by atoms with Gasteiger partial charge in [-0.25, -0.2) is 8.78 Å². The van der Waals surface area contributed by atoms with Crippen molar-refractivity contribution in [2.45, 2.75) is 25.0 Å². The Kier molecular flexibility index (Phi) is 3.93. The highest BCUT2D eigenvalue weighted by atomic mass is 19.3. The summed E-state index contributed by atoms with van der Waals surface area (Å²) in [6.45, 7) is 0.0625. The third kappa shape index (κ3) is 2.53. The Labute approximate surface area is 89.2 Å². The van der Waals surface area contributed by atoms with Gasteiger partial charge in [0.25, 0.3) is 0 Å². The van der Waals surface area contributed by atoms with Crippen LogP contribution in [0.3, 0.4) is 0 Å². The summed E-state index contributed by atoms with van der Waals surface area (Å²) in [6, 6.07) is 0.313. The van der Waals surface area contributed by atoms with E-state index < -0.39 is 24.2 Å². The number of alkyl halides is 4. The molecular formula is C9H11F4NO2. The Hall–Kier alpha value is -1.08. The smallest absolute Gasteiger partial charge is 0.329 e. The second-order valence-corrected chi connectivity index (χ2v) is 3.19. The highest BCUT2D eigenvalue weighted by molar-refractivity contribution is 5.13. The summed E-state index contributed by atoms with van der Waals surface area (Å²) in [5.74, 6) is -4.46. The maximum Gasteiger partial charge on any atom is 0.329 e. The average Bonchev–Trinajstić information content (AvgIpc) is 2.65. The van der Waals surface area contributed by atoms with Crippen LogP contribution in [0.15, 0.2) is 16.5 Å². The summed E-state index contributed by atoms with van der Waals surface area (Å²) in [5.41, 5.74) is 5.02. The van der Waals surface area contributed by atoms with Crippen LogP contribution in [-0.4, -0.2) is 19.5 Å². The molecule has 16 heavy (non-hydrogen) atoms. The van der Waals surface area contributed by atoms with Gasteiger partial charge in [0.2, 0.25) is 0 Å². The van der Waals surface area contributed by atoms with Crippen molar-refractivity contribution < 1.29 is 26.7 Å². The molecule has 3 nitrogen and oxygen atoms in total. The largest absolute Gasteiger partial charge is 0.462 e. The quantitative estimate of drug-likeness (QED) is 0.805. The molecular weight excluding hydrogens is 230 g/mol. The number of methoxy groups -OCH3 is 1. The zero-order chi connectivity index (χ0) is 12.3. The van der Waals surface area contributed by atoms with E-state index in [0.717, 1.165) is 6.07 Å². The number of halogens is 4. The SMILES string of the molecule is COCc1ccc(C(N)C(F)(F)C(F)F)o1. The van der Waals surface area contributed by atoms with Crippen molar-refractivity contribution >= 4 is 0 Å². The van der Waals surface area contributed by atoms with Crippen LogP contribution in [0.5, 0.6) is 0 Å². The molecule has 0 aliphatic rings. The number of hydrogen-bond acceptors (Lipinski definition) is 3. The molecule has 7 heteroatoms. The lowest BCUT2D eigenvalue weighted by Gasteiger charge is -2.20. The fourth-order valence-corrected chi connectivity index (χ4v) is 1.11. The minimum Gasteiger partial charge on any atom is -0.462 e. The fraction of sp³-hybridized carbons (Fsp3) is 0.556. The van der Waals surface area contributed by atoms with E-state index in [1.807, 2.05) is 0 Å². The van der Waals surface area contributed by atoms with Gasteiger partial charge in [0.05, 0.1) is 0 Å². The van der Waals surface area contributed by atoms with Gasteiger partial charge in [0.1, 0.15) is 24.2 Å². The molecule has 0 amide bonds. The molecule has 1 atom stereocenters. The second kappa shape index (κ2) is 4.84. The third-order valence-corrected chi connectivity index (χ3v) is 1.98. The van der Waals surface area contributed by atoms with Crippen molar-refractivity contribution in [2.75, 3.05) is 7.11 Å². The molecule has 0 aliphatic carbocycles. The van der Waals surface area contributed by atoms with Crippen LogP contribution in [-0.2, 0) is 11.3 Å². The van der Waals surface area contributed by atoms with Crippen molar-refractivity contribution in [2.24, 2.45) is 5.73 Å². The molecule has 0 bridgehead atoms. The Morgan fingerprint density at radius 2 is 2.06 bits per heavy atom. The molecule has 1 heterocycles. The van der Waals surface area contributed by atoms with Crippen LogP contribution in [0, 0.1) is 0 Å². The van der Waals surface area contributed by atoms with E-state index in [4.69, 9.17) is 10.2 Å². The summed E-state index contributed by atoms with van der Waals surface area (Å²) in [4.78, 5) is 0. The molecule has 0 saturated carbocycles. The van der Waals surface area contributed by atoms with Gasteiger partial charge in [0, 0.05) is 7.11 Å². The number of furan rings is 1. The van der Waals surface area contributed by atoms with Crippen molar-refractivity contribution in [3.8, 4) is 0 Å². The number of rotatable bonds is 5. The molecule has 0 aliphatic heterocycles. The number of hydrogen-bond donors (Lipinski definition) is 1. The molecule has 0 aromatic carbocycles. The molecule has 0 fully saturated rings. The standard InChI is InChI=1S/C9H11F4NO2/c1-15-4-5-2-3-6(16-5)7(14)9(12,13)8(10)11/h2-3,7-8H,4,14H2,1H3. The molecule has 1 unspecified atom stereocenters. The van der Waals surface area contributed by atoms with Gasteiger partial charge < -0.3 is 14.9 Å². The van der Waals surface area contributed by atoms with Crippen molar-refractivity contribution in [3.05, 3.63) is 23.7 Å². The molecule has 0 saturated heterocycles. The van der Waals surface area contributed by atoms with E-state index in [0.29, 0.717) is 0 Å². The second-order valence-electron chi connectivity index (χ2n) is 3.19. The first-order valence-corrected chi connectivity index (χ1v) is 4.38. The van der Waals surface area contributed by atoms with E-state index in [2.05, 4.69) is 4.74 Å². The van der Waals surface area contributed by atoms with Gasteiger partial charge in [-0.3, -0.25) is 0 Å². The van der Waals surface area contributed by atoms with E-state index in [9.17, 15) is 17.6 Å². The molecule has 1 aromatic heterocycles. The first-order valence-electron chi connectivity index (χ1n) is 4.38. The Morgan fingerprint density at radius 1 is 1.44 bits per heavy atom. The van der Waals surface area contributed by atoms with Crippen LogP contribution in [0.1, 0.15) is 17.6 Å². The van der Waals surface area contributed by atoms with Gasteiger partial charge in [-0.1, -0.05) is 0 Å². The number of ether oxygens (including phenoxy) is 1. The molecule has 0 radical (unpaired) electrons. The van der Waals surface area contributed by atoms with Gasteiger partial charge in [-0.05, 0) is 12.1 Å². The first kappa shape index (κ1) is 13.0. The predicted molar refractivity (Wildman–Crippen MR) is 47.3 cm³/mol. The molecule has 0 spiro atoms.